The second kappa shape index (κ2) is 10.5. The Balaban J connectivity index is 1.52. The minimum atomic E-state index is -0.395. The van der Waals surface area contributed by atoms with Crippen molar-refractivity contribution >= 4 is 17.6 Å². The summed E-state index contributed by atoms with van der Waals surface area (Å²) in [4.78, 5) is 21.3. The van der Waals surface area contributed by atoms with Gasteiger partial charge < -0.3 is 10.1 Å². The Morgan fingerprint density at radius 1 is 1.16 bits per heavy atom. The van der Waals surface area contributed by atoms with Crippen LogP contribution in [-0.4, -0.2) is 42.1 Å². The van der Waals surface area contributed by atoms with Crippen molar-refractivity contribution in [3.8, 4) is 23.1 Å². The van der Waals surface area contributed by atoms with E-state index in [1.54, 1.807) is 18.5 Å². The first-order valence-corrected chi connectivity index (χ1v) is 12.9. The van der Waals surface area contributed by atoms with Crippen LogP contribution in [0.15, 0.2) is 36.7 Å². The minimum Gasteiger partial charge on any atom is -0.462 e. The molecule has 1 aliphatic carbocycles. The van der Waals surface area contributed by atoms with E-state index in [4.69, 9.17) is 9.84 Å². The number of anilines is 2. The maximum atomic E-state index is 12.4. The van der Waals surface area contributed by atoms with Gasteiger partial charge in [0.2, 0.25) is 0 Å². The molecule has 3 aromatic heterocycles. The first-order chi connectivity index (χ1) is 18.4. The molecule has 0 radical (unpaired) electrons. The molecule has 5 rings (SSSR count). The maximum absolute atomic E-state index is 12.4. The van der Waals surface area contributed by atoms with Gasteiger partial charge in [0.1, 0.15) is 23.5 Å². The molecule has 0 unspecified atom stereocenters. The Morgan fingerprint density at radius 3 is 2.58 bits per heavy atom. The molecule has 0 spiro atoms. The van der Waals surface area contributed by atoms with Gasteiger partial charge in [-0.25, -0.2) is 24.1 Å². The molecule has 194 valence electrons. The molecule has 0 atom stereocenters. The molecule has 3 heterocycles. The predicted molar refractivity (Wildman–Crippen MR) is 142 cm³/mol. The molecule has 10 heteroatoms. The van der Waals surface area contributed by atoms with E-state index in [1.807, 2.05) is 41.9 Å². The van der Waals surface area contributed by atoms with Crippen molar-refractivity contribution in [2.24, 2.45) is 5.92 Å². The fourth-order valence-corrected chi connectivity index (χ4v) is 4.60. The number of aryl methyl sites for hydroxylation is 1. The zero-order chi connectivity index (χ0) is 26.8. The SMILES string of the molecule is CCOC(=O)c1c(C)nn(-c2cc(Nc3c(CC)c(-c4ccc(C#N)cc4)nn3CC3CC3)ncn2)c1C. The molecule has 1 fully saturated rings. The van der Waals surface area contributed by atoms with Crippen molar-refractivity contribution in [3.63, 3.8) is 0 Å². The van der Waals surface area contributed by atoms with E-state index in [2.05, 4.69) is 33.4 Å². The Bertz CT molecular complexity index is 1520. The molecule has 0 saturated heterocycles. The van der Waals surface area contributed by atoms with Gasteiger partial charge in [-0.3, -0.25) is 0 Å². The summed E-state index contributed by atoms with van der Waals surface area (Å²) >= 11 is 0. The van der Waals surface area contributed by atoms with Crippen LogP contribution in [-0.2, 0) is 17.7 Å². The molecule has 0 bridgehead atoms. The van der Waals surface area contributed by atoms with Crippen LogP contribution >= 0.6 is 0 Å². The summed E-state index contributed by atoms with van der Waals surface area (Å²) < 4.78 is 8.88. The van der Waals surface area contributed by atoms with E-state index in [1.165, 1.54) is 19.2 Å². The topological polar surface area (TPSA) is 124 Å². The van der Waals surface area contributed by atoms with Crippen LogP contribution in [0.4, 0.5) is 11.6 Å². The molecular weight excluding hydrogens is 480 g/mol. The quantitative estimate of drug-likeness (QED) is 0.315. The van der Waals surface area contributed by atoms with Crippen molar-refractivity contribution in [3.05, 3.63) is 64.7 Å². The number of esters is 1. The van der Waals surface area contributed by atoms with Gasteiger partial charge in [-0.15, -0.1) is 0 Å². The lowest BCUT2D eigenvalue weighted by molar-refractivity contribution is 0.0524. The van der Waals surface area contributed by atoms with Crippen molar-refractivity contribution < 1.29 is 9.53 Å². The van der Waals surface area contributed by atoms with Crippen molar-refractivity contribution in [1.82, 2.24) is 29.5 Å². The number of benzene rings is 1. The molecule has 1 aliphatic rings. The van der Waals surface area contributed by atoms with E-state index < -0.39 is 5.97 Å². The summed E-state index contributed by atoms with van der Waals surface area (Å²) in [7, 11) is 0. The number of hydrogen-bond donors (Lipinski definition) is 1. The lowest BCUT2D eigenvalue weighted by Crippen LogP contribution is -2.10. The third-order valence-corrected chi connectivity index (χ3v) is 6.71. The van der Waals surface area contributed by atoms with E-state index in [-0.39, 0.29) is 0 Å². The standard InChI is InChI=1S/C28H30N8O2/c1-5-22-26(21-11-9-19(14-29)10-12-21)34-35(15-20-7-8-20)27(22)32-23-13-24(31-16-30-23)36-18(4)25(17(3)33-36)28(37)38-6-2/h9-13,16,20H,5-8,15H2,1-4H3,(H,30,31,32). The third-order valence-electron chi connectivity index (χ3n) is 6.71. The third kappa shape index (κ3) is 4.87. The summed E-state index contributed by atoms with van der Waals surface area (Å²) in [5.41, 5.74) is 5.24. The predicted octanol–water partition coefficient (Wildman–Crippen LogP) is 4.91. The smallest absolute Gasteiger partial charge is 0.341 e. The number of ether oxygens (including phenoxy) is 1. The van der Waals surface area contributed by atoms with E-state index in [0.717, 1.165) is 35.6 Å². The van der Waals surface area contributed by atoms with Crippen LogP contribution in [0, 0.1) is 31.1 Å². The highest BCUT2D eigenvalue weighted by Crippen LogP contribution is 2.36. The molecule has 1 aromatic carbocycles. The van der Waals surface area contributed by atoms with Crippen LogP contribution in [0.25, 0.3) is 17.1 Å². The van der Waals surface area contributed by atoms with E-state index in [9.17, 15) is 10.1 Å². The molecule has 10 nitrogen and oxygen atoms in total. The van der Waals surface area contributed by atoms with E-state index in [0.29, 0.717) is 46.7 Å². The fraction of sp³-hybridized carbons (Fsp3) is 0.357. The molecule has 1 N–H and O–H groups in total. The number of carbonyl (C=O) groups excluding carboxylic acids is 1. The monoisotopic (exact) mass is 510 g/mol. The minimum absolute atomic E-state index is 0.295. The van der Waals surface area contributed by atoms with Gasteiger partial charge in [0.25, 0.3) is 0 Å². The number of hydrogen-bond acceptors (Lipinski definition) is 8. The molecule has 38 heavy (non-hydrogen) atoms. The van der Waals surface area contributed by atoms with Gasteiger partial charge in [-0.05, 0) is 58.1 Å². The van der Waals surface area contributed by atoms with Gasteiger partial charge >= 0.3 is 5.97 Å². The highest BCUT2D eigenvalue weighted by atomic mass is 16.5. The van der Waals surface area contributed by atoms with Gasteiger partial charge in [0.05, 0.1) is 35.3 Å². The van der Waals surface area contributed by atoms with Crippen LogP contribution < -0.4 is 5.32 Å². The average Bonchev–Trinajstić information content (AvgIpc) is 3.60. The second-order valence-corrected chi connectivity index (χ2v) is 9.41. The van der Waals surface area contributed by atoms with Crippen molar-refractivity contribution in [1.29, 1.82) is 5.26 Å². The van der Waals surface area contributed by atoms with Gasteiger partial charge in [0, 0.05) is 23.7 Å². The number of nitrogens with zero attached hydrogens (tertiary/aromatic N) is 7. The van der Waals surface area contributed by atoms with E-state index >= 15 is 0 Å². The normalized spacial score (nSPS) is 12.8. The van der Waals surface area contributed by atoms with Gasteiger partial charge in [0.15, 0.2) is 5.82 Å². The summed E-state index contributed by atoms with van der Waals surface area (Å²) in [6.45, 7) is 8.61. The molecule has 0 aliphatic heterocycles. The molecule has 0 amide bonds. The summed E-state index contributed by atoms with van der Waals surface area (Å²) in [6, 6.07) is 11.5. The zero-order valence-electron chi connectivity index (χ0n) is 22.0. The van der Waals surface area contributed by atoms with Crippen LogP contribution in [0.5, 0.6) is 0 Å². The maximum Gasteiger partial charge on any atom is 0.341 e. The molecular formula is C28H30N8O2. The Kier molecular flexibility index (Phi) is 6.92. The lowest BCUT2D eigenvalue weighted by atomic mass is 10.0. The van der Waals surface area contributed by atoms with Crippen molar-refractivity contribution in [2.45, 2.75) is 53.5 Å². The number of nitrogens with one attached hydrogen (secondary N) is 1. The van der Waals surface area contributed by atoms with Crippen molar-refractivity contribution in [2.75, 3.05) is 11.9 Å². The van der Waals surface area contributed by atoms with Gasteiger partial charge in [-0.1, -0.05) is 19.1 Å². The molecule has 1 saturated carbocycles. The highest BCUT2D eigenvalue weighted by molar-refractivity contribution is 5.92. The highest BCUT2D eigenvalue weighted by Gasteiger charge is 2.27. The fourth-order valence-electron chi connectivity index (χ4n) is 4.60. The Labute approximate surface area is 221 Å². The number of aromatic nitrogens is 6. The molecule has 4 aromatic rings. The first kappa shape index (κ1) is 25.1. The number of nitriles is 1. The summed E-state index contributed by atoms with van der Waals surface area (Å²) in [5.74, 6) is 2.25. The zero-order valence-corrected chi connectivity index (χ0v) is 22.0. The largest absolute Gasteiger partial charge is 0.462 e. The first-order valence-electron chi connectivity index (χ1n) is 12.9. The van der Waals surface area contributed by atoms with Crippen LogP contribution in [0.3, 0.4) is 0 Å². The van der Waals surface area contributed by atoms with Crippen LogP contribution in [0.1, 0.15) is 59.6 Å². The lowest BCUT2D eigenvalue weighted by Gasteiger charge is -2.12. The summed E-state index contributed by atoms with van der Waals surface area (Å²) in [6.07, 6.45) is 4.64. The van der Waals surface area contributed by atoms with Gasteiger partial charge in [-0.2, -0.15) is 15.5 Å². The van der Waals surface area contributed by atoms with Crippen LogP contribution in [0.2, 0.25) is 0 Å². The number of carbonyl (C=O) groups is 1. The second-order valence-electron chi connectivity index (χ2n) is 9.41. The summed E-state index contributed by atoms with van der Waals surface area (Å²) in [5, 5.41) is 22.2. The Morgan fingerprint density at radius 2 is 1.92 bits per heavy atom. The average molecular weight is 511 g/mol. The Hall–Kier alpha value is -4.52. The number of rotatable bonds is 9.